The van der Waals surface area contributed by atoms with E-state index >= 15 is 0 Å². The lowest BCUT2D eigenvalue weighted by molar-refractivity contribution is -0.0470. The predicted molar refractivity (Wildman–Crippen MR) is 62.9 cm³/mol. The number of nitrogens with one attached hydrogen (secondary N) is 1. The fourth-order valence-corrected chi connectivity index (χ4v) is 3.00. The third kappa shape index (κ3) is 1.51. The van der Waals surface area contributed by atoms with Crippen LogP contribution in [0.1, 0.15) is 24.1 Å². The van der Waals surface area contributed by atoms with Crippen LogP contribution in [0.4, 0.5) is 4.39 Å². The zero-order chi connectivity index (χ0) is 11.3. The van der Waals surface area contributed by atoms with E-state index in [2.05, 4.69) is 21.2 Å². The average Bonchev–Trinajstić information content (AvgIpc) is 2.62. The number of rotatable bonds is 0. The van der Waals surface area contributed by atoms with E-state index in [0.29, 0.717) is 10.9 Å². The van der Waals surface area contributed by atoms with Crippen LogP contribution >= 0.6 is 15.9 Å². The molecule has 3 rings (SSSR count). The lowest BCUT2D eigenvalue weighted by atomic mass is 10.1. The maximum absolute atomic E-state index is 13.9. The first-order valence-electron chi connectivity index (χ1n) is 5.52. The second-order valence-electron chi connectivity index (χ2n) is 4.50. The normalized spacial score (nSPS) is 32.3. The quantitative estimate of drug-likeness (QED) is 0.791. The van der Waals surface area contributed by atoms with Crippen LogP contribution in [0, 0.1) is 5.82 Å². The molecule has 16 heavy (non-hydrogen) atoms. The third-order valence-electron chi connectivity index (χ3n) is 3.38. The summed E-state index contributed by atoms with van der Waals surface area (Å²) in [7, 11) is 0. The Balaban J connectivity index is 2.01. The van der Waals surface area contributed by atoms with Crippen molar-refractivity contribution >= 4 is 15.9 Å². The van der Waals surface area contributed by atoms with Gasteiger partial charge in [-0.2, -0.15) is 0 Å². The zero-order valence-electron chi connectivity index (χ0n) is 8.97. The van der Waals surface area contributed by atoms with Crippen molar-refractivity contribution in [2.45, 2.75) is 31.6 Å². The van der Waals surface area contributed by atoms with Gasteiger partial charge in [0.2, 0.25) is 0 Å². The number of benzene rings is 1. The first kappa shape index (κ1) is 10.7. The van der Waals surface area contributed by atoms with E-state index in [1.165, 1.54) is 0 Å². The molecule has 1 heterocycles. The summed E-state index contributed by atoms with van der Waals surface area (Å²) in [6.07, 6.45) is 0.965. The van der Waals surface area contributed by atoms with Gasteiger partial charge in [0.15, 0.2) is 0 Å². The van der Waals surface area contributed by atoms with Crippen molar-refractivity contribution in [1.82, 2.24) is 5.32 Å². The highest BCUT2D eigenvalue weighted by atomic mass is 79.9. The van der Waals surface area contributed by atoms with Gasteiger partial charge in [-0.1, -0.05) is 6.07 Å². The molecule has 1 saturated heterocycles. The summed E-state index contributed by atoms with van der Waals surface area (Å²) >= 11 is 3.22. The molecule has 0 saturated carbocycles. The van der Waals surface area contributed by atoms with Crippen molar-refractivity contribution in [2.24, 2.45) is 0 Å². The monoisotopic (exact) mass is 285 g/mol. The molecule has 0 spiro atoms. The summed E-state index contributed by atoms with van der Waals surface area (Å²) in [4.78, 5) is 0. The number of halogens is 2. The molecule has 1 fully saturated rings. The van der Waals surface area contributed by atoms with E-state index in [-0.39, 0.29) is 24.1 Å². The van der Waals surface area contributed by atoms with Gasteiger partial charge in [0.1, 0.15) is 5.82 Å². The summed E-state index contributed by atoms with van der Waals surface area (Å²) in [5.74, 6) is -0.134. The molecule has 1 unspecified atom stereocenters. The number of ether oxygens (including phenoxy) is 1. The Morgan fingerprint density at radius 2 is 2.31 bits per heavy atom. The molecule has 86 valence electrons. The van der Waals surface area contributed by atoms with E-state index in [1.54, 1.807) is 6.07 Å². The van der Waals surface area contributed by atoms with Crippen LogP contribution in [0.5, 0.6) is 0 Å². The Morgan fingerprint density at radius 1 is 1.50 bits per heavy atom. The van der Waals surface area contributed by atoms with Crippen molar-refractivity contribution in [3.8, 4) is 0 Å². The van der Waals surface area contributed by atoms with Crippen LogP contribution in [0.25, 0.3) is 0 Å². The molecular formula is C12H13BrFNO. The Morgan fingerprint density at radius 3 is 3.12 bits per heavy atom. The standard InChI is InChI=1S/C12H13BrFNO/c1-6-5-15-12-7-2-3-9(13)11(14)8(7)4-10(12)16-6/h2-3,6,10,12,15H,4-5H2,1H3/t6?,10-,12+/m1/s1. The minimum absolute atomic E-state index is 0.0857. The molecule has 0 radical (unpaired) electrons. The van der Waals surface area contributed by atoms with Gasteiger partial charge in [0.05, 0.1) is 22.7 Å². The van der Waals surface area contributed by atoms with Crippen LogP contribution in [0.3, 0.4) is 0 Å². The number of hydrogen-bond donors (Lipinski definition) is 1. The Kier molecular flexibility index (Phi) is 2.53. The lowest BCUT2D eigenvalue weighted by Crippen LogP contribution is -2.44. The predicted octanol–water partition coefficient (Wildman–Crippen LogP) is 2.56. The van der Waals surface area contributed by atoms with E-state index in [0.717, 1.165) is 17.7 Å². The minimum atomic E-state index is -0.134. The molecule has 0 bridgehead atoms. The summed E-state index contributed by atoms with van der Waals surface area (Å²) in [5, 5.41) is 3.43. The number of fused-ring (bicyclic) bond motifs is 3. The lowest BCUT2D eigenvalue weighted by Gasteiger charge is -2.32. The SMILES string of the molecule is CC1CN[C@H]2c3ccc(Br)c(F)c3C[C@H]2O1. The van der Waals surface area contributed by atoms with Crippen molar-refractivity contribution in [3.05, 3.63) is 33.5 Å². The maximum Gasteiger partial charge on any atom is 0.140 e. The van der Waals surface area contributed by atoms with Gasteiger partial charge in [-0.3, -0.25) is 0 Å². The van der Waals surface area contributed by atoms with Crippen LogP contribution in [0.15, 0.2) is 16.6 Å². The summed E-state index contributed by atoms with van der Waals surface area (Å²) in [6.45, 7) is 2.87. The van der Waals surface area contributed by atoms with Crippen molar-refractivity contribution < 1.29 is 9.13 Å². The second-order valence-corrected chi connectivity index (χ2v) is 5.36. The molecule has 0 aromatic heterocycles. The van der Waals surface area contributed by atoms with Crippen LogP contribution in [-0.2, 0) is 11.2 Å². The summed E-state index contributed by atoms with van der Waals surface area (Å²) in [6, 6.07) is 3.92. The molecular weight excluding hydrogens is 273 g/mol. The highest BCUT2D eigenvalue weighted by Gasteiger charge is 2.38. The van der Waals surface area contributed by atoms with Crippen molar-refractivity contribution in [3.63, 3.8) is 0 Å². The fourth-order valence-electron chi connectivity index (χ4n) is 2.63. The molecule has 1 aliphatic carbocycles. The molecule has 2 aliphatic rings. The molecule has 1 aliphatic heterocycles. The van der Waals surface area contributed by atoms with Gasteiger partial charge in [-0.05, 0) is 40.0 Å². The van der Waals surface area contributed by atoms with Gasteiger partial charge in [-0.15, -0.1) is 0 Å². The molecule has 3 atom stereocenters. The molecule has 4 heteroatoms. The Hall–Kier alpha value is -0.450. The van der Waals surface area contributed by atoms with Gasteiger partial charge in [0, 0.05) is 13.0 Å². The third-order valence-corrected chi connectivity index (χ3v) is 3.99. The van der Waals surface area contributed by atoms with E-state index < -0.39 is 0 Å². The molecule has 1 aromatic carbocycles. The molecule has 1 N–H and O–H groups in total. The molecule has 0 amide bonds. The molecule has 2 nitrogen and oxygen atoms in total. The van der Waals surface area contributed by atoms with Crippen molar-refractivity contribution in [1.29, 1.82) is 0 Å². The van der Waals surface area contributed by atoms with Crippen LogP contribution in [-0.4, -0.2) is 18.8 Å². The van der Waals surface area contributed by atoms with Crippen LogP contribution < -0.4 is 5.32 Å². The van der Waals surface area contributed by atoms with Gasteiger partial charge >= 0.3 is 0 Å². The zero-order valence-corrected chi connectivity index (χ0v) is 10.6. The smallest absolute Gasteiger partial charge is 0.140 e. The Bertz CT molecular complexity index is 437. The first-order valence-corrected chi connectivity index (χ1v) is 6.31. The average molecular weight is 286 g/mol. The van der Waals surface area contributed by atoms with Crippen LogP contribution in [0.2, 0.25) is 0 Å². The van der Waals surface area contributed by atoms with Crippen molar-refractivity contribution in [2.75, 3.05) is 6.54 Å². The van der Waals surface area contributed by atoms with Gasteiger partial charge < -0.3 is 10.1 Å². The van der Waals surface area contributed by atoms with Gasteiger partial charge in [0.25, 0.3) is 0 Å². The second kappa shape index (κ2) is 3.79. The van der Waals surface area contributed by atoms with E-state index in [1.807, 2.05) is 13.0 Å². The highest BCUT2D eigenvalue weighted by Crippen LogP contribution is 2.39. The number of hydrogen-bond acceptors (Lipinski definition) is 2. The number of morpholine rings is 1. The Labute approximate surface area is 102 Å². The van der Waals surface area contributed by atoms with E-state index in [4.69, 9.17) is 4.74 Å². The summed E-state index contributed by atoms with van der Waals surface area (Å²) < 4.78 is 20.3. The minimum Gasteiger partial charge on any atom is -0.372 e. The topological polar surface area (TPSA) is 21.3 Å². The summed E-state index contributed by atoms with van der Waals surface area (Å²) in [5.41, 5.74) is 1.85. The van der Waals surface area contributed by atoms with Gasteiger partial charge in [-0.25, -0.2) is 4.39 Å². The molecule has 1 aromatic rings. The van der Waals surface area contributed by atoms with E-state index in [9.17, 15) is 4.39 Å². The largest absolute Gasteiger partial charge is 0.372 e. The highest BCUT2D eigenvalue weighted by molar-refractivity contribution is 9.10. The maximum atomic E-state index is 13.9. The fraction of sp³-hybridized carbons (Fsp3) is 0.500. The first-order chi connectivity index (χ1) is 7.66.